The summed E-state index contributed by atoms with van der Waals surface area (Å²) in [5.41, 5.74) is 0.829. The molecule has 0 radical (unpaired) electrons. The number of terminal acetylenes is 1. The largest absolute Gasteiger partial charge is 0.478 e. The number of amides is 2. The zero-order valence-corrected chi connectivity index (χ0v) is 12.6. The molecule has 0 unspecified atom stereocenters. The first-order valence-electron chi connectivity index (χ1n) is 6.25. The fraction of sp³-hybridized carbons (Fsp3) is 0.429. The van der Waals surface area contributed by atoms with Crippen molar-refractivity contribution < 1.29 is 14.7 Å². The minimum atomic E-state index is -1.04. The van der Waals surface area contributed by atoms with Gasteiger partial charge in [-0.1, -0.05) is 12.8 Å². The zero-order valence-electron chi connectivity index (χ0n) is 11.8. The monoisotopic (exact) mass is 294 g/mol. The number of thiophene rings is 1. The Labute approximate surface area is 122 Å². The lowest BCUT2D eigenvalue weighted by Gasteiger charge is -2.19. The summed E-state index contributed by atoms with van der Waals surface area (Å²) in [5.74, 6) is 1.38. The number of carboxylic acids is 1. The first-order chi connectivity index (χ1) is 9.42. The van der Waals surface area contributed by atoms with E-state index in [9.17, 15) is 14.7 Å². The maximum atomic E-state index is 12.1. The van der Waals surface area contributed by atoms with Crippen LogP contribution in [0, 0.1) is 26.2 Å². The smallest absolute Gasteiger partial charge is 0.338 e. The number of carbonyl (C=O) groups is 2. The third-order valence-corrected chi connectivity index (χ3v) is 4.01. The van der Waals surface area contributed by atoms with Gasteiger partial charge in [0.25, 0.3) is 0 Å². The molecule has 1 heterocycles. The normalized spacial score (nSPS) is 9.90. The molecule has 108 valence electrons. The number of nitrogens with one attached hydrogen (secondary N) is 1. The minimum Gasteiger partial charge on any atom is -0.478 e. The Morgan fingerprint density at radius 2 is 2.10 bits per heavy atom. The van der Waals surface area contributed by atoms with E-state index >= 15 is 0 Å². The van der Waals surface area contributed by atoms with Gasteiger partial charge in [-0.2, -0.15) is 0 Å². The van der Waals surface area contributed by atoms with E-state index in [4.69, 9.17) is 6.42 Å². The molecule has 6 heteroatoms. The molecule has 5 nitrogen and oxygen atoms in total. The fourth-order valence-corrected chi connectivity index (χ4v) is 2.82. The van der Waals surface area contributed by atoms with E-state index in [2.05, 4.69) is 11.2 Å². The van der Waals surface area contributed by atoms with Crippen LogP contribution < -0.4 is 5.32 Å². The van der Waals surface area contributed by atoms with Gasteiger partial charge >= 0.3 is 12.0 Å². The van der Waals surface area contributed by atoms with Gasteiger partial charge in [-0.15, -0.1) is 17.8 Å². The van der Waals surface area contributed by atoms with Crippen molar-refractivity contribution in [1.82, 2.24) is 4.90 Å². The Kier molecular flexibility index (Phi) is 5.59. The number of rotatable bonds is 5. The van der Waals surface area contributed by atoms with Crippen LogP contribution in [-0.4, -0.2) is 35.1 Å². The summed E-state index contributed by atoms with van der Waals surface area (Å²) in [7, 11) is 0. The van der Waals surface area contributed by atoms with E-state index in [-0.39, 0.29) is 18.1 Å². The lowest BCUT2D eigenvalue weighted by Crippen LogP contribution is -2.36. The summed E-state index contributed by atoms with van der Waals surface area (Å²) in [6.07, 6.45) is 6.02. The van der Waals surface area contributed by atoms with E-state index in [1.807, 2.05) is 13.8 Å². The first-order valence-corrected chi connectivity index (χ1v) is 7.06. The maximum absolute atomic E-state index is 12.1. The first kappa shape index (κ1) is 16.1. The van der Waals surface area contributed by atoms with Crippen molar-refractivity contribution in [2.75, 3.05) is 18.4 Å². The van der Waals surface area contributed by atoms with E-state index in [0.717, 1.165) is 11.3 Å². The molecule has 0 aliphatic rings. The topological polar surface area (TPSA) is 69.6 Å². The second-order valence-electron chi connectivity index (χ2n) is 4.35. The highest BCUT2D eigenvalue weighted by atomic mass is 32.1. The summed E-state index contributed by atoms with van der Waals surface area (Å²) >= 11 is 1.26. The summed E-state index contributed by atoms with van der Waals surface area (Å²) in [5, 5.41) is 12.2. The van der Waals surface area contributed by atoms with E-state index < -0.39 is 5.97 Å². The lowest BCUT2D eigenvalue weighted by molar-refractivity contribution is 0.0697. The Morgan fingerprint density at radius 1 is 1.45 bits per heavy atom. The second kappa shape index (κ2) is 6.96. The number of urea groups is 1. The van der Waals surface area contributed by atoms with Crippen LogP contribution in [0.2, 0.25) is 0 Å². The molecule has 0 bridgehead atoms. The molecule has 2 amide bonds. The second-order valence-corrected chi connectivity index (χ2v) is 5.57. The van der Waals surface area contributed by atoms with Crippen molar-refractivity contribution in [3.63, 3.8) is 0 Å². The average Bonchev–Trinajstić information content (AvgIpc) is 2.64. The highest BCUT2D eigenvalue weighted by Gasteiger charge is 2.21. The number of hydrogen-bond acceptors (Lipinski definition) is 3. The number of carboxylic acid groups (broad SMARTS) is 1. The molecule has 2 N–H and O–H groups in total. The Hall–Kier alpha value is -2.00. The molecular weight excluding hydrogens is 276 g/mol. The summed E-state index contributed by atoms with van der Waals surface area (Å²) in [4.78, 5) is 25.7. The molecule has 1 aromatic heterocycles. The fourth-order valence-electron chi connectivity index (χ4n) is 1.78. The van der Waals surface area contributed by atoms with Crippen molar-refractivity contribution in [3.8, 4) is 12.3 Å². The van der Waals surface area contributed by atoms with Gasteiger partial charge in [-0.3, -0.25) is 5.32 Å². The maximum Gasteiger partial charge on any atom is 0.338 e. The number of aryl methyl sites for hydroxylation is 1. The minimum absolute atomic E-state index is 0.151. The van der Waals surface area contributed by atoms with Crippen LogP contribution in [0.15, 0.2) is 0 Å². The van der Waals surface area contributed by atoms with Crippen molar-refractivity contribution in [3.05, 3.63) is 16.0 Å². The molecule has 0 atom stereocenters. The van der Waals surface area contributed by atoms with E-state index in [1.54, 1.807) is 6.92 Å². The molecule has 20 heavy (non-hydrogen) atoms. The predicted octanol–water partition coefficient (Wildman–Crippen LogP) is 2.94. The highest BCUT2D eigenvalue weighted by molar-refractivity contribution is 7.16. The third-order valence-electron chi connectivity index (χ3n) is 2.88. The van der Waals surface area contributed by atoms with Gasteiger partial charge in [0, 0.05) is 11.4 Å². The Balaban J connectivity index is 2.98. The third kappa shape index (κ3) is 3.52. The Bertz CT molecular complexity index is 558. The van der Waals surface area contributed by atoms with Gasteiger partial charge in [0.15, 0.2) is 0 Å². The quantitative estimate of drug-likeness (QED) is 0.820. The lowest BCUT2D eigenvalue weighted by atomic mass is 10.1. The summed E-state index contributed by atoms with van der Waals surface area (Å²) in [6, 6.07) is -0.367. The van der Waals surface area contributed by atoms with Gasteiger partial charge < -0.3 is 10.0 Å². The van der Waals surface area contributed by atoms with Gasteiger partial charge in [0.05, 0.1) is 12.1 Å². The van der Waals surface area contributed by atoms with Crippen molar-refractivity contribution in [2.24, 2.45) is 0 Å². The van der Waals surface area contributed by atoms with Crippen molar-refractivity contribution in [1.29, 1.82) is 0 Å². The van der Waals surface area contributed by atoms with Gasteiger partial charge in [0.1, 0.15) is 5.00 Å². The van der Waals surface area contributed by atoms with E-state index in [1.165, 1.54) is 16.2 Å². The number of nitrogens with zero attached hydrogens (tertiary/aromatic N) is 1. The number of aromatic carboxylic acids is 1. The highest BCUT2D eigenvalue weighted by Crippen LogP contribution is 2.32. The van der Waals surface area contributed by atoms with Crippen LogP contribution in [0.5, 0.6) is 0 Å². The molecule has 0 aliphatic heterocycles. The molecule has 0 spiro atoms. The SMILES string of the molecule is C#CCN(CCC)C(=O)Nc1sc(C)c(C)c1C(=O)O. The molecule has 0 aromatic carbocycles. The standard InChI is InChI=1S/C14H18N2O3S/c1-5-7-16(8-6-2)14(19)15-12-11(13(17)18)9(3)10(4)20-12/h1H,6-8H2,2-4H3,(H,15,19)(H,17,18). The Morgan fingerprint density at radius 3 is 2.60 bits per heavy atom. The summed E-state index contributed by atoms with van der Waals surface area (Å²) in [6.45, 7) is 6.23. The van der Waals surface area contributed by atoms with Crippen LogP contribution in [-0.2, 0) is 0 Å². The van der Waals surface area contributed by atoms with Gasteiger partial charge in [0.2, 0.25) is 0 Å². The zero-order chi connectivity index (χ0) is 15.3. The number of anilines is 1. The molecular formula is C14H18N2O3S. The molecule has 0 saturated heterocycles. The van der Waals surface area contributed by atoms with Crippen LogP contribution in [0.25, 0.3) is 0 Å². The molecule has 1 rings (SSSR count). The van der Waals surface area contributed by atoms with Gasteiger partial charge in [-0.05, 0) is 25.8 Å². The van der Waals surface area contributed by atoms with Crippen molar-refractivity contribution in [2.45, 2.75) is 27.2 Å². The number of hydrogen-bond donors (Lipinski definition) is 2. The van der Waals surface area contributed by atoms with E-state index in [0.29, 0.717) is 17.1 Å². The average molecular weight is 294 g/mol. The molecule has 0 saturated carbocycles. The van der Waals surface area contributed by atoms with Crippen LogP contribution in [0.1, 0.15) is 34.1 Å². The summed E-state index contributed by atoms with van der Waals surface area (Å²) < 4.78 is 0. The van der Waals surface area contributed by atoms with Gasteiger partial charge in [-0.25, -0.2) is 9.59 Å². The van der Waals surface area contributed by atoms with Crippen LogP contribution >= 0.6 is 11.3 Å². The molecule has 1 aromatic rings. The number of carbonyl (C=O) groups excluding carboxylic acids is 1. The van der Waals surface area contributed by atoms with Crippen molar-refractivity contribution >= 4 is 28.3 Å². The van der Waals surface area contributed by atoms with Crippen LogP contribution in [0.4, 0.5) is 9.80 Å². The predicted molar refractivity (Wildman–Crippen MR) is 80.5 cm³/mol. The molecule has 0 aliphatic carbocycles. The molecule has 0 fully saturated rings. The van der Waals surface area contributed by atoms with Crippen LogP contribution in [0.3, 0.4) is 0 Å².